The molecule has 0 bridgehead atoms. The molecule has 2 heterocycles. The van der Waals surface area contributed by atoms with Crippen molar-refractivity contribution in [3.63, 3.8) is 0 Å². The molecule has 27 heavy (non-hydrogen) atoms. The van der Waals surface area contributed by atoms with Gasteiger partial charge in [-0.2, -0.15) is 24.3 Å². The van der Waals surface area contributed by atoms with E-state index in [1.807, 2.05) is 35.7 Å². The summed E-state index contributed by atoms with van der Waals surface area (Å²) in [6, 6.07) is 24.5. The topological polar surface area (TPSA) is 8.81 Å². The number of para-hydroxylation sites is 1. The third-order valence-electron chi connectivity index (χ3n) is 4.84. The summed E-state index contributed by atoms with van der Waals surface area (Å²) in [6.45, 7) is 2.19. The molecule has 129 valence electrons. The maximum atomic E-state index is 3.37. The van der Waals surface area contributed by atoms with E-state index in [0.717, 1.165) is 11.5 Å². The van der Waals surface area contributed by atoms with Gasteiger partial charge in [0.1, 0.15) is 0 Å². The predicted molar refractivity (Wildman–Crippen MR) is 108 cm³/mol. The Hall–Kier alpha value is -1.81. The van der Waals surface area contributed by atoms with E-state index >= 15 is 0 Å². The van der Waals surface area contributed by atoms with Gasteiger partial charge >= 0.3 is 0 Å². The zero-order chi connectivity index (χ0) is 17.7. The van der Waals surface area contributed by atoms with Gasteiger partial charge in [0.05, 0.1) is 19.4 Å². The summed E-state index contributed by atoms with van der Waals surface area (Å²) in [6.07, 6.45) is 5.36. The zero-order valence-corrected chi connectivity index (χ0v) is 18.9. The minimum atomic E-state index is 0. The molecule has 0 aliphatic rings. The fourth-order valence-electron chi connectivity index (χ4n) is 3.58. The van der Waals surface area contributed by atoms with E-state index in [0.29, 0.717) is 0 Å². The number of rotatable bonds is 2. The second-order valence-corrected chi connectivity index (χ2v) is 7.56. The summed E-state index contributed by atoms with van der Waals surface area (Å²) in [5.74, 6) is 1.13. The van der Waals surface area contributed by atoms with Crippen LogP contribution in [0.5, 0.6) is 0 Å². The standard InChI is InChI=1S/C23H17N2S.Y/c1-16-12-13-19-18-10-6-7-11-20(18)26-22(19)21(16)23-24(2)14-15-25(23)17-8-4-3-5-9-17;/h3-8,10-14H,1-2H3;/q-1;. The van der Waals surface area contributed by atoms with Crippen molar-refractivity contribution >= 4 is 31.5 Å². The molecule has 4 heteroatoms. The Bertz CT molecular complexity index is 1250. The number of aryl methyl sites for hydroxylation is 2. The Morgan fingerprint density at radius 2 is 1.78 bits per heavy atom. The van der Waals surface area contributed by atoms with Crippen LogP contribution < -0.4 is 4.57 Å². The van der Waals surface area contributed by atoms with Crippen molar-refractivity contribution in [2.24, 2.45) is 7.05 Å². The van der Waals surface area contributed by atoms with Gasteiger partial charge in [-0.1, -0.05) is 36.0 Å². The van der Waals surface area contributed by atoms with E-state index in [2.05, 4.69) is 77.8 Å². The second-order valence-electron chi connectivity index (χ2n) is 6.51. The van der Waals surface area contributed by atoms with Gasteiger partial charge in [-0.05, 0) is 18.6 Å². The number of hydrogen-bond acceptors (Lipinski definition) is 1. The van der Waals surface area contributed by atoms with Crippen molar-refractivity contribution in [1.82, 2.24) is 4.57 Å². The summed E-state index contributed by atoms with van der Waals surface area (Å²) < 4.78 is 6.90. The molecule has 0 spiro atoms. The average molecular weight is 442 g/mol. The number of thiophene rings is 1. The summed E-state index contributed by atoms with van der Waals surface area (Å²) in [5, 5.41) is 2.64. The van der Waals surface area contributed by atoms with Crippen LogP contribution in [0.25, 0.3) is 37.2 Å². The van der Waals surface area contributed by atoms with Crippen LogP contribution in [-0.2, 0) is 39.8 Å². The molecule has 0 atom stereocenters. The van der Waals surface area contributed by atoms with Gasteiger partial charge in [0.2, 0.25) is 0 Å². The molecular formula is C23H17N2SY-. The van der Waals surface area contributed by atoms with Crippen LogP contribution >= 0.6 is 11.3 Å². The summed E-state index contributed by atoms with van der Waals surface area (Å²) in [5.41, 5.74) is 3.54. The van der Waals surface area contributed by atoms with Crippen LogP contribution in [0.1, 0.15) is 5.56 Å². The fourth-order valence-corrected chi connectivity index (χ4v) is 4.88. The summed E-state index contributed by atoms with van der Waals surface area (Å²) in [4.78, 5) is 0. The Labute approximate surface area is 188 Å². The van der Waals surface area contributed by atoms with E-state index < -0.39 is 0 Å². The Morgan fingerprint density at radius 1 is 0.963 bits per heavy atom. The molecule has 0 saturated heterocycles. The van der Waals surface area contributed by atoms with Crippen molar-refractivity contribution in [2.45, 2.75) is 6.92 Å². The molecular weight excluding hydrogens is 425 g/mol. The molecule has 2 aromatic heterocycles. The maximum absolute atomic E-state index is 3.37. The molecule has 0 aliphatic carbocycles. The third kappa shape index (κ3) is 2.98. The van der Waals surface area contributed by atoms with E-state index in [1.54, 1.807) is 0 Å². The van der Waals surface area contributed by atoms with Crippen molar-refractivity contribution in [2.75, 3.05) is 0 Å². The summed E-state index contributed by atoms with van der Waals surface area (Å²) >= 11 is 1.86. The van der Waals surface area contributed by atoms with Crippen LogP contribution in [0.4, 0.5) is 0 Å². The first-order chi connectivity index (χ1) is 12.7. The second kappa shape index (κ2) is 7.31. The van der Waals surface area contributed by atoms with Gasteiger partial charge in [0, 0.05) is 58.4 Å². The van der Waals surface area contributed by atoms with E-state index in [1.165, 1.54) is 31.3 Å². The van der Waals surface area contributed by atoms with Gasteiger partial charge in [0.15, 0.2) is 5.82 Å². The number of imidazole rings is 1. The van der Waals surface area contributed by atoms with E-state index in [9.17, 15) is 0 Å². The molecule has 0 amide bonds. The normalized spacial score (nSPS) is 11.0. The Balaban J connectivity index is 0.00000180. The van der Waals surface area contributed by atoms with Gasteiger partial charge in [-0.25, -0.2) is 6.07 Å². The van der Waals surface area contributed by atoms with Crippen LogP contribution in [0, 0.1) is 19.2 Å². The van der Waals surface area contributed by atoms with Crippen molar-refractivity contribution in [3.05, 3.63) is 84.7 Å². The molecule has 2 nitrogen and oxygen atoms in total. The van der Waals surface area contributed by atoms with Gasteiger partial charge < -0.3 is 4.57 Å². The fraction of sp³-hybridized carbons (Fsp3) is 0.0870. The molecule has 0 N–H and O–H groups in total. The Morgan fingerprint density at radius 3 is 2.59 bits per heavy atom. The quantitative estimate of drug-likeness (QED) is 0.261. The monoisotopic (exact) mass is 442 g/mol. The number of nitrogens with zero attached hydrogens (tertiary/aromatic N) is 2. The minimum absolute atomic E-state index is 0. The molecule has 5 aromatic rings. The molecule has 1 radical (unpaired) electrons. The molecule has 5 rings (SSSR count). The number of hydrogen-bond donors (Lipinski definition) is 0. The smallest absolute Gasteiger partial charge is 0.185 e. The number of aromatic nitrogens is 2. The Kier molecular flexibility index (Phi) is 5.02. The van der Waals surface area contributed by atoms with Gasteiger partial charge in [-0.3, -0.25) is 4.57 Å². The van der Waals surface area contributed by atoms with Crippen LogP contribution in [-0.4, -0.2) is 4.57 Å². The van der Waals surface area contributed by atoms with Gasteiger partial charge in [0.25, 0.3) is 0 Å². The molecule has 0 aliphatic heterocycles. The first-order valence-corrected chi connectivity index (χ1v) is 9.43. The predicted octanol–water partition coefficient (Wildman–Crippen LogP) is 5.24. The maximum Gasteiger partial charge on any atom is 0.185 e. The number of benzene rings is 3. The summed E-state index contributed by atoms with van der Waals surface area (Å²) in [7, 11) is 2.08. The largest absolute Gasteiger partial charge is 0.378 e. The van der Waals surface area contributed by atoms with Crippen LogP contribution in [0.15, 0.2) is 66.9 Å². The van der Waals surface area contributed by atoms with Crippen LogP contribution in [0.3, 0.4) is 0 Å². The van der Waals surface area contributed by atoms with Crippen LogP contribution in [0.2, 0.25) is 0 Å². The van der Waals surface area contributed by atoms with Crippen molar-refractivity contribution in [3.8, 4) is 17.1 Å². The molecule has 0 unspecified atom stereocenters. The zero-order valence-electron chi connectivity index (χ0n) is 15.2. The average Bonchev–Trinajstić information content (AvgIpc) is 3.23. The van der Waals surface area contributed by atoms with Gasteiger partial charge in [-0.15, -0.1) is 11.3 Å². The third-order valence-corrected chi connectivity index (χ3v) is 6.04. The first-order valence-electron chi connectivity index (χ1n) is 8.61. The first kappa shape index (κ1) is 18.6. The number of fused-ring (bicyclic) bond motifs is 3. The molecule has 0 fully saturated rings. The van der Waals surface area contributed by atoms with E-state index in [-0.39, 0.29) is 32.7 Å². The van der Waals surface area contributed by atoms with Crippen molar-refractivity contribution in [1.29, 1.82) is 0 Å². The van der Waals surface area contributed by atoms with E-state index in [4.69, 9.17) is 0 Å². The SMILES string of the molecule is Cc1ccc2c(sc3ccccc32)c1-c1n(C)c[c-][n+]1-c1[c-]cccc1.[Y]. The van der Waals surface area contributed by atoms with Crippen molar-refractivity contribution < 1.29 is 37.3 Å². The minimum Gasteiger partial charge on any atom is -0.378 e. The molecule has 3 aromatic carbocycles. The molecule has 0 saturated carbocycles.